The fourth-order valence-electron chi connectivity index (χ4n) is 2.80. The molecule has 2 aliphatic rings. The third-order valence-corrected chi connectivity index (χ3v) is 3.82. The van der Waals surface area contributed by atoms with Crippen LogP contribution in [0.1, 0.15) is 25.7 Å². The molecule has 2 rings (SSSR count). The Bertz CT molecular complexity index is 287. The van der Waals surface area contributed by atoms with Gasteiger partial charge in [0.25, 0.3) is 0 Å². The van der Waals surface area contributed by atoms with Crippen molar-refractivity contribution in [3.63, 3.8) is 0 Å². The standard InChI is InChI=1S/C13H24N2O4/c14-12(16)10-18-8-4-15-11-1-5-19-13(9-11)2-6-17-7-3-13/h11,15H,1-10H2,(H2,14,16). The predicted molar refractivity (Wildman–Crippen MR) is 69.8 cm³/mol. The molecule has 1 atom stereocenters. The van der Waals surface area contributed by atoms with E-state index in [1.807, 2.05) is 0 Å². The molecule has 110 valence electrons. The molecule has 3 N–H and O–H groups in total. The van der Waals surface area contributed by atoms with Gasteiger partial charge in [0.15, 0.2) is 0 Å². The Kier molecular flexibility index (Phi) is 5.57. The van der Waals surface area contributed by atoms with Crippen molar-refractivity contribution in [3.8, 4) is 0 Å². The summed E-state index contributed by atoms with van der Waals surface area (Å²) in [5, 5.41) is 3.47. The summed E-state index contributed by atoms with van der Waals surface area (Å²) in [6.07, 6.45) is 4.04. The van der Waals surface area contributed by atoms with E-state index in [-0.39, 0.29) is 12.2 Å². The van der Waals surface area contributed by atoms with E-state index in [1.165, 1.54) is 0 Å². The second-order valence-corrected chi connectivity index (χ2v) is 5.31. The molecular formula is C13H24N2O4. The first kappa shape index (κ1) is 14.7. The quantitative estimate of drug-likeness (QED) is 0.655. The van der Waals surface area contributed by atoms with Crippen molar-refractivity contribution >= 4 is 5.91 Å². The average Bonchev–Trinajstić information content (AvgIpc) is 2.39. The van der Waals surface area contributed by atoms with Crippen LogP contribution >= 0.6 is 0 Å². The molecule has 1 amide bonds. The number of carbonyl (C=O) groups is 1. The molecule has 6 nitrogen and oxygen atoms in total. The Labute approximate surface area is 113 Å². The lowest BCUT2D eigenvalue weighted by Gasteiger charge is -2.43. The van der Waals surface area contributed by atoms with Crippen LogP contribution in [0.4, 0.5) is 0 Å². The molecule has 2 aliphatic heterocycles. The van der Waals surface area contributed by atoms with Crippen molar-refractivity contribution in [1.29, 1.82) is 0 Å². The van der Waals surface area contributed by atoms with E-state index < -0.39 is 5.91 Å². The summed E-state index contributed by atoms with van der Waals surface area (Å²) in [6.45, 7) is 3.65. The van der Waals surface area contributed by atoms with Crippen molar-refractivity contribution in [2.75, 3.05) is 39.6 Å². The van der Waals surface area contributed by atoms with Crippen molar-refractivity contribution in [2.45, 2.75) is 37.3 Å². The first-order valence-corrected chi connectivity index (χ1v) is 7.01. The predicted octanol–water partition coefficient (Wildman–Crippen LogP) is -0.194. The molecule has 1 spiro atoms. The number of amides is 1. The molecule has 0 aromatic heterocycles. The average molecular weight is 272 g/mol. The van der Waals surface area contributed by atoms with Crippen molar-refractivity contribution in [1.82, 2.24) is 5.32 Å². The zero-order valence-corrected chi connectivity index (χ0v) is 11.4. The Balaban J connectivity index is 1.65. The van der Waals surface area contributed by atoms with E-state index in [9.17, 15) is 4.79 Å². The molecular weight excluding hydrogens is 248 g/mol. The van der Waals surface area contributed by atoms with Gasteiger partial charge in [-0.1, -0.05) is 0 Å². The first-order valence-electron chi connectivity index (χ1n) is 7.01. The van der Waals surface area contributed by atoms with Crippen LogP contribution in [0, 0.1) is 0 Å². The highest BCUT2D eigenvalue weighted by molar-refractivity contribution is 5.74. The van der Waals surface area contributed by atoms with Gasteiger partial charge >= 0.3 is 0 Å². The van der Waals surface area contributed by atoms with Gasteiger partial charge < -0.3 is 25.3 Å². The van der Waals surface area contributed by atoms with Crippen LogP contribution in [-0.4, -0.2) is 57.1 Å². The van der Waals surface area contributed by atoms with E-state index >= 15 is 0 Å². The number of rotatable bonds is 6. The van der Waals surface area contributed by atoms with Gasteiger partial charge in [-0.15, -0.1) is 0 Å². The molecule has 0 aromatic carbocycles. The minimum atomic E-state index is -0.424. The van der Waals surface area contributed by atoms with E-state index in [4.69, 9.17) is 19.9 Å². The number of nitrogens with one attached hydrogen (secondary N) is 1. The number of hydrogen-bond donors (Lipinski definition) is 2. The van der Waals surface area contributed by atoms with Gasteiger partial charge in [0.05, 0.1) is 12.2 Å². The van der Waals surface area contributed by atoms with Crippen LogP contribution in [-0.2, 0) is 19.0 Å². The normalized spacial score (nSPS) is 26.4. The second-order valence-electron chi connectivity index (χ2n) is 5.31. The molecule has 0 aromatic rings. The Hall–Kier alpha value is -0.690. The molecule has 0 saturated carbocycles. The summed E-state index contributed by atoms with van der Waals surface area (Å²) < 4.78 is 16.5. The fraction of sp³-hybridized carbons (Fsp3) is 0.923. The van der Waals surface area contributed by atoms with Gasteiger partial charge in [-0.25, -0.2) is 0 Å². The highest BCUT2D eigenvalue weighted by Crippen LogP contribution is 2.34. The molecule has 0 aliphatic carbocycles. The van der Waals surface area contributed by atoms with E-state index in [1.54, 1.807) is 0 Å². The smallest absolute Gasteiger partial charge is 0.243 e. The lowest BCUT2D eigenvalue weighted by molar-refractivity contribution is -0.140. The van der Waals surface area contributed by atoms with Gasteiger partial charge in [-0.3, -0.25) is 4.79 Å². The van der Waals surface area contributed by atoms with Crippen LogP contribution in [0.25, 0.3) is 0 Å². The number of carbonyl (C=O) groups excluding carboxylic acids is 1. The van der Waals surface area contributed by atoms with Crippen LogP contribution in [0.15, 0.2) is 0 Å². The highest BCUT2D eigenvalue weighted by atomic mass is 16.5. The van der Waals surface area contributed by atoms with Crippen LogP contribution in [0.5, 0.6) is 0 Å². The Morgan fingerprint density at radius 1 is 1.37 bits per heavy atom. The summed E-state index contributed by atoms with van der Waals surface area (Å²) in [6, 6.07) is 0.462. The van der Waals surface area contributed by atoms with Crippen molar-refractivity contribution in [2.24, 2.45) is 5.73 Å². The maximum Gasteiger partial charge on any atom is 0.243 e. The van der Waals surface area contributed by atoms with Crippen LogP contribution in [0.3, 0.4) is 0 Å². The maximum atomic E-state index is 10.5. The number of ether oxygens (including phenoxy) is 3. The van der Waals surface area contributed by atoms with Gasteiger partial charge in [-0.05, 0) is 25.7 Å². The summed E-state index contributed by atoms with van der Waals surface area (Å²) in [4.78, 5) is 10.5. The molecule has 2 heterocycles. The van der Waals surface area contributed by atoms with E-state index in [0.717, 1.165) is 52.0 Å². The minimum absolute atomic E-state index is 0.00324. The zero-order chi connectivity index (χ0) is 13.6. The lowest BCUT2D eigenvalue weighted by Crippen LogP contribution is -2.50. The Morgan fingerprint density at radius 2 is 2.16 bits per heavy atom. The van der Waals surface area contributed by atoms with Gasteiger partial charge in [0.1, 0.15) is 6.61 Å². The molecule has 2 fully saturated rings. The Morgan fingerprint density at radius 3 is 2.89 bits per heavy atom. The van der Waals surface area contributed by atoms with Crippen molar-refractivity contribution < 1.29 is 19.0 Å². The monoisotopic (exact) mass is 272 g/mol. The zero-order valence-electron chi connectivity index (χ0n) is 11.4. The molecule has 0 bridgehead atoms. The SMILES string of the molecule is NC(=O)COCCNC1CCOC2(CCOCC2)C1. The number of primary amides is 1. The molecule has 2 saturated heterocycles. The third-order valence-electron chi connectivity index (χ3n) is 3.82. The summed E-state index contributed by atoms with van der Waals surface area (Å²) >= 11 is 0. The van der Waals surface area contributed by atoms with Gasteiger partial charge in [-0.2, -0.15) is 0 Å². The number of hydrogen-bond acceptors (Lipinski definition) is 5. The maximum absolute atomic E-state index is 10.5. The molecule has 1 unspecified atom stereocenters. The summed E-state index contributed by atoms with van der Waals surface area (Å²) in [5.74, 6) is -0.424. The number of nitrogens with two attached hydrogens (primary N) is 1. The van der Waals surface area contributed by atoms with Gasteiger partial charge in [0.2, 0.25) is 5.91 Å². The molecule has 6 heteroatoms. The topological polar surface area (TPSA) is 82.8 Å². The third kappa shape index (κ3) is 4.72. The van der Waals surface area contributed by atoms with Crippen LogP contribution in [0.2, 0.25) is 0 Å². The first-order chi connectivity index (χ1) is 9.20. The summed E-state index contributed by atoms with van der Waals surface area (Å²) in [7, 11) is 0. The summed E-state index contributed by atoms with van der Waals surface area (Å²) in [5.41, 5.74) is 5.01. The van der Waals surface area contributed by atoms with E-state index in [2.05, 4.69) is 5.32 Å². The van der Waals surface area contributed by atoms with Gasteiger partial charge in [0, 0.05) is 32.4 Å². The molecule has 0 radical (unpaired) electrons. The highest BCUT2D eigenvalue weighted by Gasteiger charge is 2.38. The second kappa shape index (κ2) is 7.19. The van der Waals surface area contributed by atoms with Crippen molar-refractivity contribution in [3.05, 3.63) is 0 Å². The molecule has 19 heavy (non-hydrogen) atoms. The van der Waals surface area contributed by atoms with E-state index in [0.29, 0.717) is 12.6 Å². The lowest BCUT2D eigenvalue weighted by atomic mass is 9.84. The fourth-order valence-corrected chi connectivity index (χ4v) is 2.80. The largest absolute Gasteiger partial charge is 0.381 e. The minimum Gasteiger partial charge on any atom is -0.381 e. The van der Waals surface area contributed by atoms with Crippen LogP contribution < -0.4 is 11.1 Å².